The van der Waals surface area contributed by atoms with Crippen LogP contribution in [0.3, 0.4) is 0 Å². The molecule has 0 aliphatic rings. The van der Waals surface area contributed by atoms with Crippen LogP contribution in [0.2, 0.25) is 0 Å². The molecule has 0 radical (unpaired) electrons. The van der Waals surface area contributed by atoms with Crippen LogP contribution >= 0.6 is 0 Å². The maximum atomic E-state index is 12.8. The summed E-state index contributed by atoms with van der Waals surface area (Å²) in [4.78, 5) is 11.9. The molecule has 1 N–H and O–H groups in total. The van der Waals surface area contributed by atoms with Crippen LogP contribution in [0.5, 0.6) is 0 Å². The van der Waals surface area contributed by atoms with Gasteiger partial charge in [0.25, 0.3) is 0 Å². The van der Waals surface area contributed by atoms with Gasteiger partial charge in [-0.2, -0.15) is 0 Å². The fourth-order valence-corrected chi connectivity index (χ4v) is 2.32. The molecule has 1 amide bonds. The molecule has 23 heavy (non-hydrogen) atoms. The molecule has 0 aromatic heterocycles. The molecule has 0 spiro atoms. The molecule has 3 heteroatoms. The number of carbonyl (C=O) groups is 1. The summed E-state index contributed by atoms with van der Waals surface area (Å²) >= 11 is 0. The van der Waals surface area contributed by atoms with Gasteiger partial charge in [-0.15, -0.1) is 0 Å². The molecule has 0 saturated carbocycles. The van der Waals surface area contributed by atoms with Gasteiger partial charge in [-0.3, -0.25) is 4.79 Å². The molecule has 0 aliphatic carbocycles. The molecular formula is C20H24FNO. The summed E-state index contributed by atoms with van der Waals surface area (Å²) in [6.07, 6.45) is 1.18. The fraction of sp³-hybridized carbons (Fsp3) is 0.350. The van der Waals surface area contributed by atoms with E-state index in [1.54, 1.807) is 12.1 Å². The summed E-state index contributed by atoms with van der Waals surface area (Å²) in [5.41, 5.74) is 3.50. The van der Waals surface area contributed by atoms with Gasteiger partial charge in [0.05, 0.1) is 0 Å². The molecule has 2 aromatic carbocycles. The summed E-state index contributed by atoms with van der Waals surface area (Å²) < 4.78 is 12.8. The maximum Gasteiger partial charge on any atom is 0.220 e. The van der Waals surface area contributed by atoms with Crippen molar-refractivity contribution < 1.29 is 9.18 Å². The van der Waals surface area contributed by atoms with Gasteiger partial charge in [-0.25, -0.2) is 4.39 Å². The Hall–Kier alpha value is -2.16. The van der Waals surface area contributed by atoms with E-state index in [1.165, 1.54) is 17.7 Å². The van der Waals surface area contributed by atoms with Crippen LogP contribution in [0.25, 0.3) is 0 Å². The molecule has 0 fully saturated rings. The van der Waals surface area contributed by atoms with Gasteiger partial charge in [0.15, 0.2) is 0 Å². The first-order valence-corrected chi connectivity index (χ1v) is 7.95. The number of hydrogen-bond acceptors (Lipinski definition) is 1. The lowest BCUT2D eigenvalue weighted by Gasteiger charge is -2.19. The summed E-state index contributed by atoms with van der Waals surface area (Å²) in [6.45, 7) is 6.99. The van der Waals surface area contributed by atoms with Crippen LogP contribution in [0, 0.1) is 5.82 Å². The summed E-state index contributed by atoms with van der Waals surface area (Å²) in [6, 6.07) is 14.6. The number of carbonyl (C=O) groups excluding carboxylic acids is 1. The molecule has 0 bridgehead atoms. The van der Waals surface area contributed by atoms with E-state index in [-0.39, 0.29) is 17.1 Å². The molecule has 0 atom stereocenters. The first-order valence-electron chi connectivity index (χ1n) is 7.95. The monoisotopic (exact) mass is 313 g/mol. The molecule has 2 aromatic rings. The second-order valence-electron chi connectivity index (χ2n) is 6.85. The van der Waals surface area contributed by atoms with Crippen LogP contribution in [-0.2, 0) is 23.2 Å². The number of hydrogen-bond donors (Lipinski definition) is 1. The van der Waals surface area contributed by atoms with E-state index in [2.05, 4.69) is 50.4 Å². The highest BCUT2D eigenvalue weighted by molar-refractivity contribution is 5.76. The molecule has 2 rings (SSSR count). The number of rotatable bonds is 5. The average molecular weight is 313 g/mol. The van der Waals surface area contributed by atoms with Crippen molar-refractivity contribution in [2.45, 2.75) is 45.6 Å². The Morgan fingerprint density at radius 3 is 2.09 bits per heavy atom. The van der Waals surface area contributed by atoms with Crippen molar-refractivity contribution in [1.82, 2.24) is 5.32 Å². The minimum Gasteiger partial charge on any atom is -0.352 e. The molecule has 0 heterocycles. The van der Waals surface area contributed by atoms with Crippen molar-refractivity contribution in [3.8, 4) is 0 Å². The van der Waals surface area contributed by atoms with Crippen molar-refractivity contribution in [2.24, 2.45) is 0 Å². The number of amides is 1. The van der Waals surface area contributed by atoms with E-state index >= 15 is 0 Å². The molecule has 122 valence electrons. The van der Waals surface area contributed by atoms with Gasteiger partial charge in [-0.05, 0) is 40.7 Å². The minimum absolute atomic E-state index is 0.00854. The second kappa shape index (κ2) is 7.40. The Morgan fingerprint density at radius 2 is 1.52 bits per heavy atom. The first-order chi connectivity index (χ1) is 10.8. The smallest absolute Gasteiger partial charge is 0.220 e. The standard InChI is InChI=1S/C20H24FNO/c1-20(2,3)17-9-4-15(5-10-17)8-13-19(23)22-14-16-6-11-18(21)12-7-16/h4-7,9-12H,8,13-14H2,1-3H3,(H,22,23). The van der Waals surface area contributed by atoms with E-state index in [9.17, 15) is 9.18 Å². The second-order valence-corrected chi connectivity index (χ2v) is 6.85. The topological polar surface area (TPSA) is 29.1 Å². The molecule has 0 unspecified atom stereocenters. The largest absolute Gasteiger partial charge is 0.352 e. The highest BCUT2D eigenvalue weighted by Crippen LogP contribution is 2.22. The lowest BCUT2D eigenvalue weighted by atomic mass is 9.86. The molecule has 0 aliphatic heterocycles. The number of benzene rings is 2. The van der Waals surface area contributed by atoms with Crippen LogP contribution in [0.1, 0.15) is 43.9 Å². The van der Waals surface area contributed by atoms with Crippen molar-refractivity contribution >= 4 is 5.91 Å². The first kappa shape index (κ1) is 17.2. The zero-order valence-corrected chi connectivity index (χ0v) is 14.0. The fourth-order valence-electron chi connectivity index (χ4n) is 2.32. The van der Waals surface area contributed by atoms with E-state index in [4.69, 9.17) is 0 Å². The summed E-state index contributed by atoms with van der Waals surface area (Å²) in [5, 5.41) is 2.86. The summed E-state index contributed by atoms with van der Waals surface area (Å²) in [7, 11) is 0. The molecular weight excluding hydrogens is 289 g/mol. The van der Waals surface area contributed by atoms with Crippen LogP contribution < -0.4 is 5.32 Å². The van der Waals surface area contributed by atoms with Gasteiger partial charge in [0, 0.05) is 13.0 Å². The van der Waals surface area contributed by atoms with Gasteiger partial charge >= 0.3 is 0 Å². The van der Waals surface area contributed by atoms with Crippen LogP contribution in [0.15, 0.2) is 48.5 Å². The predicted molar refractivity (Wildman–Crippen MR) is 91.7 cm³/mol. The van der Waals surface area contributed by atoms with Gasteiger partial charge in [-0.1, -0.05) is 57.2 Å². The normalized spacial score (nSPS) is 11.3. The van der Waals surface area contributed by atoms with E-state index in [0.717, 1.165) is 17.5 Å². The molecule has 2 nitrogen and oxygen atoms in total. The van der Waals surface area contributed by atoms with Crippen molar-refractivity contribution in [1.29, 1.82) is 0 Å². The Labute approximate surface area is 137 Å². The Bertz CT molecular complexity index is 639. The highest BCUT2D eigenvalue weighted by Gasteiger charge is 2.12. The third-order valence-corrected chi connectivity index (χ3v) is 3.86. The van der Waals surface area contributed by atoms with E-state index in [1.807, 2.05) is 0 Å². The third kappa shape index (κ3) is 5.51. The predicted octanol–water partition coefficient (Wildman–Crippen LogP) is 4.37. The third-order valence-electron chi connectivity index (χ3n) is 3.86. The lowest BCUT2D eigenvalue weighted by Crippen LogP contribution is -2.23. The van der Waals surface area contributed by atoms with Gasteiger partial charge < -0.3 is 5.32 Å². The Kier molecular flexibility index (Phi) is 5.54. The van der Waals surface area contributed by atoms with Crippen molar-refractivity contribution in [3.63, 3.8) is 0 Å². The zero-order chi connectivity index (χ0) is 16.9. The maximum absolute atomic E-state index is 12.8. The van der Waals surface area contributed by atoms with Crippen molar-refractivity contribution in [2.75, 3.05) is 0 Å². The average Bonchev–Trinajstić information content (AvgIpc) is 2.52. The molecule has 0 saturated heterocycles. The number of halogens is 1. The summed E-state index contributed by atoms with van der Waals surface area (Å²) in [5.74, 6) is -0.256. The Balaban J connectivity index is 1.79. The zero-order valence-electron chi connectivity index (χ0n) is 14.0. The number of aryl methyl sites for hydroxylation is 1. The minimum atomic E-state index is -0.265. The van der Waals surface area contributed by atoms with Crippen molar-refractivity contribution in [3.05, 3.63) is 71.0 Å². The van der Waals surface area contributed by atoms with Gasteiger partial charge in [0.2, 0.25) is 5.91 Å². The van der Waals surface area contributed by atoms with Gasteiger partial charge in [0.1, 0.15) is 5.82 Å². The Morgan fingerprint density at radius 1 is 0.957 bits per heavy atom. The van der Waals surface area contributed by atoms with E-state index in [0.29, 0.717) is 13.0 Å². The lowest BCUT2D eigenvalue weighted by molar-refractivity contribution is -0.121. The SMILES string of the molecule is CC(C)(C)c1ccc(CCC(=O)NCc2ccc(F)cc2)cc1. The highest BCUT2D eigenvalue weighted by atomic mass is 19.1. The quantitative estimate of drug-likeness (QED) is 0.872. The van der Waals surface area contributed by atoms with Crippen LogP contribution in [-0.4, -0.2) is 5.91 Å². The number of nitrogens with one attached hydrogen (secondary N) is 1. The van der Waals surface area contributed by atoms with E-state index < -0.39 is 0 Å². The van der Waals surface area contributed by atoms with Crippen LogP contribution in [0.4, 0.5) is 4.39 Å².